The summed E-state index contributed by atoms with van der Waals surface area (Å²) in [5.41, 5.74) is 0. The number of ketones is 1. The highest BCUT2D eigenvalue weighted by Gasteiger charge is 2.46. The minimum absolute atomic E-state index is 0.205. The number of carbonyl (C=O) groups is 2. The van der Waals surface area contributed by atoms with Crippen LogP contribution in [0.4, 0.5) is 0 Å². The van der Waals surface area contributed by atoms with Crippen LogP contribution in [0.2, 0.25) is 0 Å². The van der Waals surface area contributed by atoms with E-state index < -0.39 is 17.9 Å². The van der Waals surface area contributed by atoms with Gasteiger partial charge >= 0.3 is 0 Å². The highest BCUT2D eigenvalue weighted by atomic mass is 16.4. The van der Waals surface area contributed by atoms with Crippen molar-refractivity contribution in [2.24, 2.45) is 5.92 Å². The number of rotatable bonds is 6. The number of likely N-dealkylation sites (tertiary alicyclic amines) is 1. The van der Waals surface area contributed by atoms with Crippen LogP contribution in [0.1, 0.15) is 30.9 Å². The number of Topliss-reactive ketones (excluding diaryl/α,β-unsaturated/α-hetero) is 1. The molecule has 2 aromatic rings. The largest absolute Gasteiger partial charge is 0.461 e. The molecule has 0 bridgehead atoms. The van der Waals surface area contributed by atoms with Crippen LogP contribution in [-0.2, 0) is 22.7 Å². The maximum absolute atomic E-state index is 12.2. The quantitative estimate of drug-likeness (QED) is 0.807. The van der Waals surface area contributed by atoms with E-state index >= 15 is 0 Å². The molecule has 2 aromatic heterocycles. The van der Waals surface area contributed by atoms with E-state index in [1.807, 2.05) is 10.8 Å². The Hall–Kier alpha value is -2.41. The third-order valence-corrected chi connectivity index (χ3v) is 4.20. The van der Waals surface area contributed by atoms with E-state index in [4.69, 9.17) is 9.52 Å². The Kier molecular flexibility index (Phi) is 4.29. The van der Waals surface area contributed by atoms with Crippen molar-refractivity contribution in [1.29, 1.82) is 0 Å². The van der Waals surface area contributed by atoms with Gasteiger partial charge in [0.25, 0.3) is 5.91 Å². The maximum atomic E-state index is 12.2. The third kappa shape index (κ3) is 2.92. The summed E-state index contributed by atoms with van der Waals surface area (Å²) >= 11 is 0. The summed E-state index contributed by atoms with van der Waals surface area (Å²) in [5, 5.41) is 9.13. The van der Waals surface area contributed by atoms with Gasteiger partial charge in [-0.3, -0.25) is 9.59 Å². The van der Waals surface area contributed by atoms with Gasteiger partial charge in [0.05, 0.1) is 12.2 Å². The van der Waals surface area contributed by atoms with Crippen molar-refractivity contribution >= 4 is 11.7 Å². The van der Waals surface area contributed by atoms with E-state index in [-0.39, 0.29) is 12.4 Å². The van der Waals surface area contributed by atoms with Gasteiger partial charge in [-0.1, -0.05) is 6.92 Å². The van der Waals surface area contributed by atoms with Gasteiger partial charge in [-0.05, 0) is 18.6 Å². The van der Waals surface area contributed by atoms with Gasteiger partial charge in [0.2, 0.25) is 5.78 Å². The molecule has 1 amide bonds. The molecule has 1 aliphatic heterocycles. The first-order valence-electron chi connectivity index (χ1n) is 7.62. The second-order valence-electron chi connectivity index (χ2n) is 5.71. The molecule has 3 rings (SSSR count). The topological polar surface area (TPSA) is 88.6 Å². The molecule has 1 saturated heterocycles. The maximum Gasteiger partial charge on any atom is 0.290 e. The van der Waals surface area contributed by atoms with Gasteiger partial charge in [0.1, 0.15) is 24.2 Å². The van der Waals surface area contributed by atoms with Crippen LogP contribution in [0.15, 0.2) is 35.3 Å². The smallest absolute Gasteiger partial charge is 0.290 e. The van der Waals surface area contributed by atoms with Crippen molar-refractivity contribution in [3.05, 3.63) is 42.4 Å². The molecule has 23 heavy (non-hydrogen) atoms. The summed E-state index contributed by atoms with van der Waals surface area (Å²) in [5.74, 6) is -0.330. The molecule has 1 aliphatic rings. The van der Waals surface area contributed by atoms with Crippen LogP contribution in [0.25, 0.3) is 0 Å². The number of aromatic nitrogens is 2. The minimum atomic E-state index is -0.463. The van der Waals surface area contributed by atoms with E-state index in [0.717, 1.165) is 6.54 Å². The Labute approximate surface area is 133 Å². The van der Waals surface area contributed by atoms with Gasteiger partial charge in [0, 0.05) is 25.5 Å². The molecule has 2 atom stereocenters. The number of aryl methyl sites for hydroxylation is 1. The Balaban J connectivity index is 1.74. The number of imidazole rings is 1. The van der Waals surface area contributed by atoms with E-state index in [9.17, 15) is 9.59 Å². The molecule has 1 fully saturated rings. The number of aliphatic hydroxyl groups is 1. The van der Waals surface area contributed by atoms with E-state index in [1.54, 1.807) is 36.5 Å². The SMILES string of the molecule is CC1C(=O)C(=O)N(CCCn2ccnc2)C1c1ccc(CO)o1. The number of aliphatic hydroxyl groups excluding tert-OH is 1. The lowest BCUT2D eigenvalue weighted by Crippen LogP contribution is -2.31. The second kappa shape index (κ2) is 6.37. The molecule has 2 unspecified atom stereocenters. The number of amides is 1. The second-order valence-corrected chi connectivity index (χ2v) is 5.71. The zero-order valence-electron chi connectivity index (χ0n) is 12.9. The lowest BCUT2D eigenvalue weighted by atomic mass is 10.00. The monoisotopic (exact) mass is 317 g/mol. The molecule has 0 spiro atoms. The number of hydrogen-bond acceptors (Lipinski definition) is 5. The Bertz CT molecular complexity index is 692. The Morgan fingerprint density at radius 1 is 1.30 bits per heavy atom. The van der Waals surface area contributed by atoms with Crippen LogP contribution in [-0.4, -0.2) is 37.8 Å². The van der Waals surface area contributed by atoms with Crippen molar-refractivity contribution in [2.75, 3.05) is 6.54 Å². The van der Waals surface area contributed by atoms with Gasteiger partial charge in [-0.2, -0.15) is 0 Å². The number of furan rings is 1. The molecule has 0 saturated carbocycles. The molecule has 1 N–H and O–H groups in total. The summed E-state index contributed by atoms with van der Waals surface area (Å²) in [6, 6.07) is 2.98. The standard InChI is InChI=1S/C16H19N3O4/c1-11-14(13-4-3-12(9-20)23-13)19(16(22)15(11)21)7-2-6-18-8-5-17-10-18/h3-5,8,10-11,14,20H,2,6-7,9H2,1H3. The fraction of sp³-hybridized carbons (Fsp3) is 0.438. The van der Waals surface area contributed by atoms with Crippen molar-refractivity contribution in [1.82, 2.24) is 14.5 Å². The summed E-state index contributed by atoms with van der Waals surface area (Å²) in [6.07, 6.45) is 6.00. The van der Waals surface area contributed by atoms with Crippen molar-refractivity contribution in [2.45, 2.75) is 32.5 Å². The number of nitrogens with zero attached hydrogens (tertiary/aromatic N) is 3. The average Bonchev–Trinajstić information content (AvgIpc) is 3.26. The van der Waals surface area contributed by atoms with Crippen molar-refractivity contribution in [3.8, 4) is 0 Å². The summed E-state index contributed by atoms with van der Waals surface area (Å²) < 4.78 is 7.48. The molecule has 7 heteroatoms. The lowest BCUT2D eigenvalue weighted by Gasteiger charge is -2.24. The highest BCUT2D eigenvalue weighted by Crippen LogP contribution is 2.36. The minimum Gasteiger partial charge on any atom is -0.461 e. The highest BCUT2D eigenvalue weighted by molar-refractivity contribution is 6.39. The van der Waals surface area contributed by atoms with E-state index in [2.05, 4.69) is 4.98 Å². The summed E-state index contributed by atoms with van der Waals surface area (Å²) in [6.45, 7) is 2.72. The third-order valence-electron chi connectivity index (χ3n) is 4.20. The van der Waals surface area contributed by atoms with Crippen LogP contribution in [0.3, 0.4) is 0 Å². The lowest BCUT2D eigenvalue weighted by molar-refractivity contribution is -0.141. The van der Waals surface area contributed by atoms with Crippen LogP contribution in [0.5, 0.6) is 0 Å². The molecular formula is C16H19N3O4. The summed E-state index contributed by atoms with van der Waals surface area (Å²) in [4.78, 5) is 29.9. The average molecular weight is 317 g/mol. The van der Waals surface area contributed by atoms with Crippen LogP contribution in [0, 0.1) is 5.92 Å². The normalized spacial score (nSPS) is 21.4. The van der Waals surface area contributed by atoms with Gasteiger partial charge < -0.3 is 19.0 Å². The van der Waals surface area contributed by atoms with Gasteiger partial charge in [-0.15, -0.1) is 0 Å². The van der Waals surface area contributed by atoms with Gasteiger partial charge in [-0.25, -0.2) is 4.98 Å². The van der Waals surface area contributed by atoms with E-state index in [0.29, 0.717) is 24.5 Å². The number of hydrogen-bond donors (Lipinski definition) is 1. The number of carbonyl (C=O) groups excluding carboxylic acids is 2. The molecule has 0 aliphatic carbocycles. The molecule has 122 valence electrons. The fourth-order valence-corrected chi connectivity index (χ4v) is 3.00. The molecule has 0 radical (unpaired) electrons. The fourth-order valence-electron chi connectivity index (χ4n) is 3.00. The first-order valence-corrected chi connectivity index (χ1v) is 7.62. The molecule has 3 heterocycles. The first-order chi connectivity index (χ1) is 11.1. The van der Waals surface area contributed by atoms with Crippen LogP contribution < -0.4 is 0 Å². The predicted molar refractivity (Wildman–Crippen MR) is 80.1 cm³/mol. The van der Waals surface area contributed by atoms with Crippen LogP contribution >= 0.6 is 0 Å². The Morgan fingerprint density at radius 3 is 2.78 bits per heavy atom. The summed E-state index contributed by atoms with van der Waals surface area (Å²) in [7, 11) is 0. The van der Waals surface area contributed by atoms with E-state index in [1.165, 1.54) is 0 Å². The molecule has 0 aromatic carbocycles. The molecular weight excluding hydrogens is 298 g/mol. The zero-order chi connectivity index (χ0) is 16.4. The Morgan fingerprint density at radius 2 is 2.13 bits per heavy atom. The van der Waals surface area contributed by atoms with Crippen molar-refractivity contribution in [3.63, 3.8) is 0 Å². The van der Waals surface area contributed by atoms with Crippen molar-refractivity contribution < 1.29 is 19.1 Å². The zero-order valence-corrected chi connectivity index (χ0v) is 12.9. The van der Waals surface area contributed by atoms with Gasteiger partial charge in [0.15, 0.2) is 0 Å². The molecule has 7 nitrogen and oxygen atoms in total. The first kappa shape index (κ1) is 15.5. The predicted octanol–water partition coefficient (Wildman–Crippen LogP) is 1.15.